The van der Waals surface area contributed by atoms with Crippen molar-refractivity contribution < 1.29 is 9.59 Å². The third-order valence-corrected chi connectivity index (χ3v) is 10.2. The lowest BCUT2D eigenvalue weighted by atomic mass is 9.54. The maximum absolute atomic E-state index is 13.3. The molecule has 3 N–H and O–H groups in total. The fraction of sp³-hybridized carbons (Fsp3) is 0.562. The van der Waals surface area contributed by atoms with Crippen LogP contribution >= 0.6 is 0 Å². The standard InChI is InChI=1S/C32H39N3O2/c36-31(22-4-2-1-3-5-22)33-27-10-8-21(9-11-27)28-17-23-6-7-24(18-29(23)34-28)32(37)35-30-25-13-19-12-20(15-25)16-26(30)14-19/h6-11,18-20,22,25-26,28,30,34H,1-5,12-17H2,(H,33,36)(H,35,37). The summed E-state index contributed by atoms with van der Waals surface area (Å²) in [5.74, 6) is 3.62. The molecule has 8 rings (SSSR count). The first-order valence-electron chi connectivity index (χ1n) is 14.7. The molecular weight excluding hydrogens is 458 g/mol. The van der Waals surface area contributed by atoms with Gasteiger partial charge in [-0.3, -0.25) is 9.59 Å². The smallest absolute Gasteiger partial charge is 0.251 e. The average Bonchev–Trinajstić information content (AvgIpc) is 3.35. The fourth-order valence-electron chi connectivity index (χ4n) is 8.49. The van der Waals surface area contributed by atoms with Crippen molar-refractivity contribution in [1.82, 2.24) is 5.32 Å². The lowest BCUT2D eigenvalue weighted by Crippen LogP contribution is -2.55. The van der Waals surface area contributed by atoms with E-state index in [1.807, 2.05) is 24.3 Å². The number of fused-ring (bicyclic) bond motifs is 1. The molecule has 2 aromatic carbocycles. The van der Waals surface area contributed by atoms with Crippen LogP contribution in [-0.4, -0.2) is 17.9 Å². The highest BCUT2D eigenvalue weighted by atomic mass is 16.2. The van der Waals surface area contributed by atoms with Gasteiger partial charge < -0.3 is 16.0 Å². The Bertz CT molecular complexity index is 1160. The minimum atomic E-state index is 0.0867. The van der Waals surface area contributed by atoms with Gasteiger partial charge >= 0.3 is 0 Å². The number of carbonyl (C=O) groups is 2. The van der Waals surface area contributed by atoms with E-state index in [0.29, 0.717) is 17.9 Å². The van der Waals surface area contributed by atoms with E-state index in [2.05, 4.69) is 34.1 Å². The molecule has 6 aliphatic rings. The number of nitrogens with one attached hydrogen (secondary N) is 3. The highest BCUT2D eigenvalue weighted by molar-refractivity contribution is 5.96. The third-order valence-electron chi connectivity index (χ3n) is 10.2. The molecular formula is C32H39N3O2. The van der Waals surface area contributed by atoms with Gasteiger partial charge in [0.2, 0.25) is 5.91 Å². The van der Waals surface area contributed by atoms with E-state index < -0.39 is 0 Å². The van der Waals surface area contributed by atoms with Crippen LogP contribution in [-0.2, 0) is 11.2 Å². The molecule has 4 bridgehead atoms. The maximum atomic E-state index is 13.3. The van der Waals surface area contributed by atoms with Crippen molar-refractivity contribution >= 4 is 23.2 Å². The molecule has 5 fully saturated rings. The monoisotopic (exact) mass is 497 g/mol. The van der Waals surface area contributed by atoms with E-state index in [9.17, 15) is 9.59 Å². The predicted octanol–water partition coefficient (Wildman–Crippen LogP) is 6.47. The first-order valence-corrected chi connectivity index (χ1v) is 14.7. The second-order valence-corrected chi connectivity index (χ2v) is 12.6. The molecule has 1 aliphatic heterocycles. The predicted molar refractivity (Wildman–Crippen MR) is 146 cm³/mol. The fourth-order valence-corrected chi connectivity index (χ4v) is 8.49. The summed E-state index contributed by atoms with van der Waals surface area (Å²) >= 11 is 0. The molecule has 0 aromatic heterocycles. The van der Waals surface area contributed by atoms with Gasteiger partial charge in [-0.1, -0.05) is 37.5 Å². The maximum Gasteiger partial charge on any atom is 0.251 e. The van der Waals surface area contributed by atoms with E-state index >= 15 is 0 Å². The summed E-state index contributed by atoms with van der Waals surface area (Å²) < 4.78 is 0. The molecule has 2 aromatic rings. The van der Waals surface area contributed by atoms with E-state index in [-0.39, 0.29) is 23.8 Å². The molecule has 0 spiro atoms. The zero-order valence-electron chi connectivity index (χ0n) is 21.7. The second-order valence-electron chi connectivity index (χ2n) is 12.6. The van der Waals surface area contributed by atoms with Crippen molar-refractivity contribution in [3.8, 4) is 0 Å². The van der Waals surface area contributed by atoms with Crippen molar-refractivity contribution in [3.63, 3.8) is 0 Å². The third kappa shape index (κ3) is 4.55. The van der Waals surface area contributed by atoms with Crippen LogP contribution in [0, 0.1) is 29.6 Å². The summed E-state index contributed by atoms with van der Waals surface area (Å²) in [5.41, 5.74) is 5.16. The van der Waals surface area contributed by atoms with Crippen LogP contribution in [0.5, 0.6) is 0 Å². The van der Waals surface area contributed by atoms with E-state index in [0.717, 1.165) is 60.9 Å². The number of hydrogen-bond acceptors (Lipinski definition) is 3. The van der Waals surface area contributed by atoms with E-state index in [1.54, 1.807) is 0 Å². The van der Waals surface area contributed by atoms with Crippen LogP contribution in [0.4, 0.5) is 11.4 Å². The number of hydrogen-bond donors (Lipinski definition) is 3. The molecule has 1 atom stereocenters. The van der Waals surface area contributed by atoms with Gasteiger partial charge in [0.15, 0.2) is 0 Å². The zero-order valence-corrected chi connectivity index (χ0v) is 21.7. The Kier molecular flexibility index (Phi) is 5.98. The Morgan fingerprint density at radius 3 is 2.22 bits per heavy atom. The van der Waals surface area contributed by atoms with Gasteiger partial charge in [0.1, 0.15) is 0 Å². The summed E-state index contributed by atoms with van der Waals surface area (Å²) in [6, 6.07) is 15.0. The van der Waals surface area contributed by atoms with Gasteiger partial charge in [-0.2, -0.15) is 0 Å². The minimum Gasteiger partial charge on any atom is -0.378 e. The molecule has 1 heterocycles. The molecule has 5 heteroatoms. The van der Waals surface area contributed by atoms with Gasteiger partial charge in [0.05, 0.1) is 6.04 Å². The van der Waals surface area contributed by atoms with Gasteiger partial charge in [-0.05, 0) is 110 Å². The van der Waals surface area contributed by atoms with Crippen LogP contribution in [0.25, 0.3) is 0 Å². The van der Waals surface area contributed by atoms with Crippen LogP contribution in [0.1, 0.15) is 91.7 Å². The molecule has 0 radical (unpaired) electrons. The van der Waals surface area contributed by atoms with Gasteiger partial charge in [-0.25, -0.2) is 0 Å². The van der Waals surface area contributed by atoms with Crippen molar-refractivity contribution in [2.45, 2.75) is 82.7 Å². The van der Waals surface area contributed by atoms with E-state index in [1.165, 1.54) is 49.7 Å². The molecule has 5 aliphatic carbocycles. The number of anilines is 2. The SMILES string of the molecule is O=C(NC1C2CC3CC(C2)CC1C3)c1ccc2c(c1)NC(c1ccc(NC(=O)C3CCCCC3)cc1)C2. The number of rotatable bonds is 5. The van der Waals surface area contributed by atoms with Gasteiger partial charge in [0.25, 0.3) is 5.91 Å². The van der Waals surface area contributed by atoms with Crippen LogP contribution < -0.4 is 16.0 Å². The van der Waals surface area contributed by atoms with Gasteiger partial charge in [-0.15, -0.1) is 0 Å². The number of carbonyl (C=O) groups excluding carboxylic acids is 2. The number of benzene rings is 2. The summed E-state index contributed by atoms with van der Waals surface area (Å²) in [7, 11) is 0. The summed E-state index contributed by atoms with van der Waals surface area (Å²) in [4.78, 5) is 25.8. The van der Waals surface area contributed by atoms with Crippen LogP contribution in [0.2, 0.25) is 0 Å². The molecule has 5 saturated carbocycles. The topological polar surface area (TPSA) is 70.2 Å². The average molecular weight is 498 g/mol. The van der Waals surface area contributed by atoms with Crippen LogP contribution in [0.15, 0.2) is 42.5 Å². The molecule has 5 nitrogen and oxygen atoms in total. The normalized spacial score (nSPS) is 32.0. The Morgan fingerprint density at radius 1 is 0.811 bits per heavy atom. The van der Waals surface area contributed by atoms with Crippen molar-refractivity contribution in [2.75, 3.05) is 10.6 Å². The minimum absolute atomic E-state index is 0.0867. The number of amides is 2. The Hall–Kier alpha value is -2.82. The molecule has 0 saturated heterocycles. The van der Waals surface area contributed by atoms with Crippen molar-refractivity contribution in [3.05, 3.63) is 59.2 Å². The van der Waals surface area contributed by atoms with Crippen molar-refractivity contribution in [2.24, 2.45) is 29.6 Å². The Labute approximate surface area is 220 Å². The Balaban J connectivity index is 0.978. The lowest BCUT2D eigenvalue weighted by molar-refractivity contribution is -0.120. The largest absolute Gasteiger partial charge is 0.378 e. The summed E-state index contributed by atoms with van der Waals surface area (Å²) in [5, 5.41) is 10.2. The zero-order chi connectivity index (χ0) is 24.9. The first kappa shape index (κ1) is 23.3. The molecule has 37 heavy (non-hydrogen) atoms. The quantitative estimate of drug-likeness (QED) is 0.443. The second kappa shape index (κ2) is 9.49. The highest BCUT2D eigenvalue weighted by Crippen LogP contribution is 2.53. The molecule has 194 valence electrons. The summed E-state index contributed by atoms with van der Waals surface area (Å²) in [6.45, 7) is 0. The highest BCUT2D eigenvalue weighted by Gasteiger charge is 2.48. The molecule has 2 amide bonds. The lowest BCUT2D eigenvalue weighted by Gasteiger charge is -2.54. The van der Waals surface area contributed by atoms with Crippen LogP contribution in [0.3, 0.4) is 0 Å². The molecule has 1 unspecified atom stereocenters. The Morgan fingerprint density at radius 2 is 1.51 bits per heavy atom. The summed E-state index contributed by atoms with van der Waals surface area (Å²) in [6.07, 6.45) is 13.2. The van der Waals surface area contributed by atoms with E-state index in [4.69, 9.17) is 0 Å². The van der Waals surface area contributed by atoms with Gasteiger partial charge in [0, 0.05) is 28.9 Å². The first-order chi connectivity index (χ1) is 18.1. The van der Waals surface area contributed by atoms with Crippen molar-refractivity contribution in [1.29, 1.82) is 0 Å².